The minimum Gasteiger partial charge on any atom is -0.435 e. The lowest BCUT2D eigenvalue weighted by molar-refractivity contribution is -0.0499. The minimum absolute atomic E-state index is 0.00194. The maximum absolute atomic E-state index is 12.2. The molecule has 0 aliphatic carbocycles. The molecule has 0 amide bonds. The second-order valence-corrected chi connectivity index (χ2v) is 6.45. The zero-order chi connectivity index (χ0) is 15.4. The van der Waals surface area contributed by atoms with Gasteiger partial charge in [-0.15, -0.1) is 11.3 Å². The van der Waals surface area contributed by atoms with Gasteiger partial charge < -0.3 is 10.1 Å². The third-order valence-electron chi connectivity index (χ3n) is 3.10. The highest BCUT2D eigenvalue weighted by atomic mass is 35.5. The molecule has 0 aliphatic rings. The van der Waals surface area contributed by atoms with E-state index < -0.39 is 6.61 Å². The largest absolute Gasteiger partial charge is 0.435 e. The van der Waals surface area contributed by atoms with Crippen LogP contribution in [-0.2, 0) is 0 Å². The first-order chi connectivity index (χ1) is 9.95. The van der Waals surface area contributed by atoms with Gasteiger partial charge in [0.1, 0.15) is 5.75 Å². The highest BCUT2D eigenvalue weighted by Gasteiger charge is 2.14. The third kappa shape index (κ3) is 4.66. The molecule has 2 aromatic rings. The van der Waals surface area contributed by atoms with E-state index in [9.17, 15) is 8.78 Å². The van der Waals surface area contributed by atoms with Gasteiger partial charge in [0, 0.05) is 17.0 Å². The van der Waals surface area contributed by atoms with Gasteiger partial charge in [0.2, 0.25) is 0 Å². The van der Waals surface area contributed by atoms with Gasteiger partial charge in [-0.3, -0.25) is 0 Å². The summed E-state index contributed by atoms with van der Waals surface area (Å²) in [6.07, 6.45) is 0. The van der Waals surface area contributed by atoms with Crippen LogP contribution in [0.15, 0.2) is 36.4 Å². The number of alkyl halides is 2. The summed E-state index contributed by atoms with van der Waals surface area (Å²) in [6.45, 7) is 1.21. The Morgan fingerprint density at radius 2 is 1.90 bits per heavy atom. The summed E-state index contributed by atoms with van der Waals surface area (Å²) < 4.78 is 29.6. The molecule has 0 bridgehead atoms. The second-order valence-electron chi connectivity index (χ2n) is 4.70. The molecule has 0 saturated carbocycles. The van der Waals surface area contributed by atoms with Gasteiger partial charge >= 0.3 is 6.61 Å². The molecular formula is C15H16ClF2NOS. The Morgan fingerprint density at radius 1 is 1.14 bits per heavy atom. The Bertz CT molecular complexity index is 591. The second kappa shape index (κ2) is 7.20. The Kier molecular flexibility index (Phi) is 5.56. The van der Waals surface area contributed by atoms with Crippen LogP contribution in [0.5, 0.6) is 5.75 Å². The van der Waals surface area contributed by atoms with Crippen LogP contribution in [0.2, 0.25) is 4.34 Å². The van der Waals surface area contributed by atoms with E-state index in [1.807, 2.05) is 32.0 Å². The Hall–Kier alpha value is -1.17. The maximum Gasteiger partial charge on any atom is 0.387 e. The summed E-state index contributed by atoms with van der Waals surface area (Å²) >= 11 is 7.45. The lowest BCUT2D eigenvalue weighted by Gasteiger charge is -2.20. The van der Waals surface area contributed by atoms with Gasteiger partial charge in [-0.1, -0.05) is 23.7 Å². The molecule has 0 aliphatic heterocycles. The molecule has 0 spiro atoms. The average Bonchev–Trinajstić information content (AvgIpc) is 2.85. The van der Waals surface area contributed by atoms with E-state index in [2.05, 4.69) is 10.1 Å². The third-order valence-corrected chi connectivity index (χ3v) is 4.52. The van der Waals surface area contributed by atoms with E-state index in [0.717, 1.165) is 14.8 Å². The SMILES string of the molecule is CC(NC(C)c1ccc(Cl)s1)c1cccc(OC(F)F)c1. The summed E-state index contributed by atoms with van der Waals surface area (Å²) in [4.78, 5) is 1.13. The van der Waals surface area contributed by atoms with Crippen molar-refractivity contribution < 1.29 is 13.5 Å². The maximum atomic E-state index is 12.2. The molecule has 2 nitrogen and oxygen atoms in total. The van der Waals surface area contributed by atoms with Crippen molar-refractivity contribution in [3.8, 4) is 5.75 Å². The van der Waals surface area contributed by atoms with Crippen LogP contribution in [0.4, 0.5) is 8.78 Å². The highest BCUT2D eigenvalue weighted by Crippen LogP contribution is 2.29. The zero-order valence-electron chi connectivity index (χ0n) is 11.6. The number of rotatable bonds is 6. The number of nitrogens with one attached hydrogen (secondary N) is 1. The van der Waals surface area contributed by atoms with Crippen molar-refractivity contribution in [2.75, 3.05) is 0 Å². The summed E-state index contributed by atoms with van der Waals surface area (Å²) in [6, 6.07) is 10.7. The number of halogens is 3. The minimum atomic E-state index is -2.81. The Morgan fingerprint density at radius 3 is 2.52 bits per heavy atom. The standard InChI is InChI=1S/C15H16ClF2NOS/c1-9(19-10(2)13-6-7-14(16)21-13)11-4-3-5-12(8-11)20-15(17)18/h3-10,15,19H,1-2H3. The monoisotopic (exact) mass is 331 g/mol. The van der Waals surface area contributed by atoms with Crippen molar-refractivity contribution in [2.45, 2.75) is 32.5 Å². The van der Waals surface area contributed by atoms with E-state index in [0.29, 0.717) is 0 Å². The molecule has 114 valence electrons. The molecule has 2 rings (SSSR count). The summed E-state index contributed by atoms with van der Waals surface area (Å²) in [5.41, 5.74) is 0.891. The number of thiophene rings is 1. The molecule has 1 aromatic carbocycles. The molecule has 2 unspecified atom stereocenters. The molecule has 6 heteroatoms. The van der Waals surface area contributed by atoms with E-state index in [1.165, 1.54) is 17.4 Å². The number of hydrogen-bond acceptors (Lipinski definition) is 3. The Labute approximate surface area is 131 Å². The van der Waals surface area contributed by atoms with Crippen LogP contribution in [0, 0.1) is 0 Å². The first kappa shape index (κ1) is 16.2. The van der Waals surface area contributed by atoms with Crippen LogP contribution in [0.1, 0.15) is 36.4 Å². The predicted molar refractivity (Wildman–Crippen MR) is 82.4 cm³/mol. The van der Waals surface area contributed by atoms with Crippen molar-refractivity contribution in [1.29, 1.82) is 0 Å². The molecule has 1 heterocycles. The smallest absolute Gasteiger partial charge is 0.387 e. The fourth-order valence-electron chi connectivity index (χ4n) is 2.07. The molecule has 0 saturated heterocycles. The van der Waals surface area contributed by atoms with E-state index >= 15 is 0 Å². The van der Waals surface area contributed by atoms with E-state index in [-0.39, 0.29) is 17.8 Å². The summed E-state index contributed by atoms with van der Waals surface area (Å²) in [5, 5.41) is 3.42. The van der Waals surface area contributed by atoms with E-state index in [4.69, 9.17) is 11.6 Å². The van der Waals surface area contributed by atoms with Crippen molar-refractivity contribution in [1.82, 2.24) is 5.32 Å². The van der Waals surface area contributed by atoms with Gasteiger partial charge in [0.05, 0.1) is 4.34 Å². The first-order valence-electron chi connectivity index (χ1n) is 6.51. The van der Waals surface area contributed by atoms with Crippen molar-refractivity contribution in [3.63, 3.8) is 0 Å². The van der Waals surface area contributed by atoms with Crippen molar-refractivity contribution >= 4 is 22.9 Å². The lowest BCUT2D eigenvalue weighted by atomic mass is 10.1. The zero-order valence-corrected chi connectivity index (χ0v) is 13.2. The number of hydrogen-bond donors (Lipinski definition) is 1. The Balaban J connectivity index is 2.04. The van der Waals surface area contributed by atoms with Gasteiger partial charge in [0.25, 0.3) is 0 Å². The van der Waals surface area contributed by atoms with Crippen LogP contribution in [0.25, 0.3) is 0 Å². The summed E-state index contributed by atoms with van der Waals surface area (Å²) in [5.74, 6) is 0.169. The molecule has 1 N–H and O–H groups in total. The van der Waals surface area contributed by atoms with E-state index in [1.54, 1.807) is 12.1 Å². The molecule has 0 fully saturated rings. The van der Waals surface area contributed by atoms with Gasteiger partial charge in [0.15, 0.2) is 0 Å². The van der Waals surface area contributed by atoms with Crippen LogP contribution in [0.3, 0.4) is 0 Å². The van der Waals surface area contributed by atoms with Gasteiger partial charge in [-0.05, 0) is 43.7 Å². The molecule has 0 radical (unpaired) electrons. The fourth-order valence-corrected chi connectivity index (χ4v) is 3.15. The van der Waals surface area contributed by atoms with Crippen LogP contribution in [-0.4, -0.2) is 6.61 Å². The number of ether oxygens (including phenoxy) is 1. The van der Waals surface area contributed by atoms with Crippen LogP contribution >= 0.6 is 22.9 Å². The molecular weight excluding hydrogens is 316 g/mol. The number of benzene rings is 1. The normalized spacial score (nSPS) is 14.2. The fraction of sp³-hybridized carbons (Fsp3) is 0.333. The quantitative estimate of drug-likeness (QED) is 0.763. The first-order valence-corrected chi connectivity index (χ1v) is 7.71. The molecule has 2 atom stereocenters. The average molecular weight is 332 g/mol. The highest BCUT2D eigenvalue weighted by molar-refractivity contribution is 7.16. The molecule has 21 heavy (non-hydrogen) atoms. The predicted octanol–water partition coefficient (Wildman–Crippen LogP) is 5.41. The molecule has 1 aromatic heterocycles. The van der Waals surface area contributed by atoms with Gasteiger partial charge in [-0.25, -0.2) is 0 Å². The van der Waals surface area contributed by atoms with Crippen LogP contribution < -0.4 is 10.1 Å². The lowest BCUT2D eigenvalue weighted by Crippen LogP contribution is -2.21. The topological polar surface area (TPSA) is 21.3 Å². The van der Waals surface area contributed by atoms with Crippen molar-refractivity contribution in [2.24, 2.45) is 0 Å². The van der Waals surface area contributed by atoms with Gasteiger partial charge in [-0.2, -0.15) is 8.78 Å². The summed E-state index contributed by atoms with van der Waals surface area (Å²) in [7, 11) is 0. The van der Waals surface area contributed by atoms with Crippen molar-refractivity contribution in [3.05, 3.63) is 51.2 Å².